The van der Waals surface area contributed by atoms with Crippen LogP contribution < -0.4 is 0 Å². The molecule has 0 heterocycles. The lowest BCUT2D eigenvalue weighted by Crippen LogP contribution is -2.50. The fourth-order valence-electron chi connectivity index (χ4n) is 5.49. The smallest absolute Gasteiger partial charge is 0.172 e. The van der Waals surface area contributed by atoms with Crippen LogP contribution in [0.1, 0.15) is 54.4 Å². The largest absolute Gasteiger partial charge is 0.293 e. The molecule has 0 spiro atoms. The van der Waals surface area contributed by atoms with E-state index >= 15 is 0 Å². The second-order valence-electron chi connectivity index (χ2n) is 7.61. The highest BCUT2D eigenvalue weighted by atomic mass is 19.1. The van der Waals surface area contributed by atoms with Gasteiger partial charge < -0.3 is 0 Å². The molecule has 0 N–H and O–H groups in total. The van der Waals surface area contributed by atoms with Crippen LogP contribution in [0, 0.1) is 41.7 Å². The van der Waals surface area contributed by atoms with E-state index in [1.165, 1.54) is 26.2 Å². The summed E-state index contributed by atoms with van der Waals surface area (Å²) in [4.78, 5) is 13.0. The second-order valence-corrected chi connectivity index (χ2v) is 7.61. The van der Waals surface area contributed by atoms with E-state index in [0.717, 1.165) is 31.4 Å². The summed E-state index contributed by atoms with van der Waals surface area (Å²) in [6.45, 7) is 1.53. The van der Waals surface area contributed by atoms with Crippen LogP contribution in [-0.2, 0) is 0 Å². The molecule has 0 unspecified atom stereocenters. The first kappa shape index (κ1) is 13.4. The average Bonchev–Trinajstić information content (AvgIpc) is 2.40. The summed E-state index contributed by atoms with van der Waals surface area (Å²) in [6, 6.07) is 2.27. The van der Waals surface area contributed by atoms with Gasteiger partial charge in [0.25, 0.3) is 0 Å². The maximum absolute atomic E-state index is 14.2. The first-order valence-electron chi connectivity index (χ1n) is 7.97. The molecular weight excluding hydrogens is 270 g/mol. The molecule has 1 aromatic carbocycles. The van der Waals surface area contributed by atoms with Gasteiger partial charge in [-0.15, -0.1) is 0 Å². The van der Waals surface area contributed by atoms with E-state index in [4.69, 9.17) is 0 Å². The number of carbonyl (C=O) groups excluding carboxylic acids is 1. The number of rotatable bonds is 2. The van der Waals surface area contributed by atoms with Gasteiger partial charge in [-0.3, -0.25) is 4.79 Å². The monoisotopic (exact) mass is 290 g/mol. The van der Waals surface area contributed by atoms with Crippen molar-refractivity contribution in [2.24, 2.45) is 23.2 Å². The number of ketones is 1. The summed E-state index contributed by atoms with van der Waals surface area (Å²) < 4.78 is 28.0. The average molecular weight is 290 g/mol. The molecule has 3 heteroatoms. The molecule has 4 aliphatic rings. The molecule has 1 aromatic rings. The molecule has 112 valence electrons. The first-order chi connectivity index (χ1) is 9.97. The number of Topliss-reactive ketones (excluding diaryl/α,β-unsaturated/α-hetero) is 1. The number of hydrogen-bond acceptors (Lipinski definition) is 1. The molecule has 5 rings (SSSR count). The maximum atomic E-state index is 14.2. The Morgan fingerprint density at radius 1 is 1.00 bits per heavy atom. The van der Waals surface area contributed by atoms with Gasteiger partial charge in [-0.1, -0.05) is 0 Å². The zero-order valence-electron chi connectivity index (χ0n) is 12.3. The van der Waals surface area contributed by atoms with E-state index in [-0.39, 0.29) is 16.9 Å². The van der Waals surface area contributed by atoms with Gasteiger partial charge in [-0.05, 0) is 80.9 Å². The molecule has 4 fully saturated rings. The Bertz CT molecular complexity index is 585. The third-order valence-electron chi connectivity index (χ3n) is 6.01. The summed E-state index contributed by atoms with van der Waals surface area (Å²) in [5, 5.41) is 0. The van der Waals surface area contributed by atoms with Crippen LogP contribution in [0.15, 0.2) is 12.1 Å². The van der Waals surface area contributed by atoms with Crippen molar-refractivity contribution < 1.29 is 13.6 Å². The molecule has 0 atom stereocenters. The summed E-state index contributed by atoms with van der Waals surface area (Å²) in [5.74, 6) is 0.688. The fraction of sp³-hybridized carbons (Fsp3) is 0.611. The van der Waals surface area contributed by atoms with Crippen LogP contribution in [-0.4, -0.2) is 5.78 Å². The zero-order valence-corrected chi connectivity index (χ0v) is 12.3. The summed E-state index contributed by atoms with van der Waals surface area (Å²) in [6.07, 6.45) is 6.35. The molecule has 0 aromatic heterocycles. The fourth-order valence-corrected chi connectivity index (χ4v) is 5.49. The SMILES string of the molecule is Cc1cc(F)c(C(=O)C23CC4CC(CC(C4)C2)C3)cc1F. The van der Waals surface area contributed by atoms with Gasteiger partial charge in [0.05, 0.1) is 5.56 Å². The lowest BCUT2D eigenvalue weighted by molar-refractivity contribution is -0.0355. The Balaban J connectivity index is 1.73. The van der Waals surface area contributed by atoms with Crippen molar-refractivity contribution in [1.82, 2.24) is 0 Å². The van der Waals surface area contributed by atoms with E-state index in [2.05, 4.69) is 0 Å². The Morgan fingerprint density at radius 3 is 2.05 bits per heavy atom. The van der Waals surface area contributed by atoms with Crippen molar-refractivity contribution in [3.05, 3.63) is 34.9 Å². The van der Waals surface area contributed by atoms with Gasteiger partial charge in [0.1, 0.15) is 11.6 Å². The van der Waals surface area contributed by atoms with E-state index in [1.807, 2.05) is 0 Å². The lowest BCUT2D eigenvalue weighted by atomic mass is 9.48. The Labute approximate surface area is 123 Å². The van der Waals surface area contributed by atoms with Crippen molar-refractivity contribution >= 4 is 5.78 Å². The molecule has 4 bridgehead atoms. The number of aryl methyl sites for hydroxylation is 1. The lowest BCUT2D eigenvalue weighted by Gasteiger charge is -2.55. The van der Waals surface area contributed by atoms with Crippen LogP contribution in [0.2, 0.25) is 0 Å². The molecule has 1 nitrogen and oxygen atoms in total. The Kier molecular flexibility index (Phi) is 2.79. The minimum absolute atomic E-state index is 0.0277. The van der Waals surface area contributed by atoms with E-state index < -0.39 is 17.0 Å². The van der Waals surface area contributed by atoms with Crippen molar-refractivity contribution in [2.75, 3.05) is 0 Å². The number of carbonyl (C=O) groups is 1. The number of benzene rings is 1. The Hall–Kier alpha value is -1.25. The zero-order chi connectivity index (χ0) is 14.8. The third-order valence-corrected chi connectivity index (χ3v) is 6.01. The molecule has 0 aliphatic heterocycles. The molecule has 4 aliphatic carbocycles. The van der Waals surface area contributed by atoms with Crippen molar-refractivity contribution in [1.29, 1.82) is 0 Å². The van der Waals surface area contributed by atoms with Gasteiger partial charge in [-0.2, -0.15) is 0 Å². The van der Waals surface area contributed by atoms with Gasteiger partial charge in [0.2, 0.25) is 0 Å². The highest BCUT2D eigenvalue weighted by molar-refractivity contribution is 6.01. The van der Waals surface area contributed by atoms with E-state index in [1.54, 1.807) is 0 Å². The second kappa shape index (κ2) is 4.37. The predicted molar refractivity (Wildman–Crippen MR) is 76.0 cm³/mol. The normalized spacial score (nSPS) is 37.0. The predicted octanol–water partition coefficient (Wildman–Crippen LogP) is 4.67. The van der Waals surface area contributed by atoms with Gasteiger partial charge in [0.15, 0.2) is 5.78 Å². The standard InChI is InChI=1S/C18H20F2O/c1-10-2-16(20)14(6-15(10)19)17(21)18-7-11-3-12(8-18)5-13(4-11)9-18/h2,6,11-13H,3-5,7-9H2,1H3. The topological polar surface area (TPSA) is 17.1 Å². The minimum atomic E-state index is -0.561. The quantitative estimate of drug-likeness (QED) is 0.723. The van der Waals surface area contributed by atoms with Crippen molar-refractivity contribution in [3.8, 4) is 0 Å². The molecule has 21 heavy (non-hydrogen) atoms. The van der Waals surface area contributed by atoms with Crippen LogP contribution in [0.4, 0.5) is 8.78 Å². The van der Waals surface area contributed by atoms with Crippen LogP contribution in [0.25, 0.3) is 0 Å². The summed E-state index contributed by atoms with van der Waals surface area (Å²) in [7, 11) is 0. The molecule has 4 saturated carbocycles. The van der Waals surface area contributed by atoms with Gasteiger partial charge in [0, 0.05) is 5.41 Å². The van der Waals surface area contributed by atoms with Crippen LogP contribution in [0.5, 0.6) is 0 Å². The molecule has 0 radical (unpaired) electrons. The highest BCUT2D eigenvalue weighted by Gasteiger charge is 2.54. The highest BCUT2D eigenvalue weighted by Crippen LogP contribution is 2.61. The van der Waals surface area contributed by atoms with Crippen LogP contribution >= 0.6 is 0 Å². The number of hydrogen-bond donors (Lipinski definition) is 0. The van der Waals surface area contributed by atoms with Crippen molar-refractivity contribution in [3.63, 3.8) is 0 Å². The van der Waals surface area contributed by atoms with Gasteiger partial charge in [-0.25, -0.2) is 8.78 Å². The maximum Gasteiger partial charge on any atom is 0.172 e. The third kappa shape index (κ3) is 1.96. The van der Waals surface area contributed by atoms with E-state index in [9.17, 15) is 13.6 Å². The summed E-state index contributed by atoms with van der Waals surface area (Å²) in [5.41, 5.74) is -0.174. The van der Waals surface area contributed by atoms with Gasteiger partial charge >= 0.3 is 0 Å². The minimum Gasteiger partial charge on any atom is -0.293 e. The number of halogens is 2. The molecular formula is C18H20F2O. The molecule has 0 amide bonds. The summed E-state index contributed by atoms with van der Waals surface area (Å²) >= 11 is 0. The molecule has 0 saturated heterocycles. The van der Waals surface area contributed by atoms with Crippen molar-refractivity contribution in [2.45, 2.75) is 45.4 Å². The first-order valence-corrected chi connectivity index (χ1v) is 7.97. The Morgan fingerprint density at radius 2 is 1.52 bits per heavy atom. The van der Waals surface area contributed by atoms with Crippen LogP contribution in [0.3, 0.4) is 0 Å². The van der Waals surface area contributed by atoms with E-state index in [0.29, 0.717) is 17.8 Å².